The Morgan fingerprint density at radius 3 is 2.68 bits per heavy atom. The fourth-order valence-corrected chi connectivity index (χ4v) is 4.08. The van der Waals surface area contributed by atoms with Gasteiger partial charge in [-0.2, -0.15) is 0 Å². The molecule has 2 aromatic rings. The third kappa shape index (κ3) is 5.37. The average molecular weight is 426 g/mol. The lowest BCUT2D eigenvalue weighted by atomic mass is 10.2. The number of hydrogen-bond acceptors (Lipinski definition) is 5. The normalized spacial score (nSPS) is 17.8. The van der Waals surface area contributed by atoms with Crippen molar-refractivity contribution in [2.45, 2.75) is 45.3 Å². The SMILES string of the molecule is CCNC(=NCc1cccnc1OC1CCCC1)N1CCN(C(=O)c2ccco2)CC1. The molecular formula is C23H31N5O3. The zero-order chi connectivity index (χ0) is 21.5. The summed E-state index contributed by atoms with van der Waals surface area (Å²) in [7, 11) is 0. The van der Waals surface area contributed by atoms with Crippen LogP contribution in [0.25, 0.3) is 0 Å². The summed E-state index contributed by atoms with van der Waals surface area (Å²) >= 11 is 0. The lowest BCUT2D eigenvalue weighted by Crippen LogP contribution is -2.53. The lowest BCUT2D eigenvalue weighted by Gasteiger charge is -2.36. The molecule has 0 radical (unpaired) electrons. The number of pyridine rings is 1. The number of nitrogens with one attached hydrogen (secondary N) is 1. The van der Waals surface area contributed by atoms with E-state index in [4.69, 9.17) is 14.1 Å². The highest BCUT2D eigenvalue weighted by Gasteiger charge is 2.25. The highest BCUT2D eigenvalue weighted by Crippen LogP contribution is 2.25. The van der Waals surface area contributed by atoms with Gasteiger partial charge in [0.15, 0.2) is 11.7 Å². The lowest BCUT2D eigenvalue weighted by molar-refractivity contribution is 0.0657. The molecule has 31 heavy (non-hydrogen) atoms. The Kier molecular flexibility index (Phi) is 7.07. The Labute approximate surface area is 183 Å². The van der Waals surface area contributed by atoms with E-state index in [1.54, 1.807) is 18.3 Å². The molecule has 0 spiro atoms. The third-order valence-electron chi connectivity index (χ3n) is 5.76. The van der Waals surface area contributed by atoms with E-state index in [1.165, 1.54) is 19.1 Å². The number of carbonyl (C=O) groups is 1. The van der Waals surface area contributed by atoms with Crippen molar-refractivity contribution in [2.75, 3.05) is 32.7 Å². The largest absolute Gasteiger partial charge is 0.474 e. The molecule has 2 aliphatic rings. The van der Waals surface area contributed by atoms with E-state index >= 15 is 0 Å². The molecule has 166 valence electrons. The standard InChI is InChI=1S/C23H31N5O3/c1-2-24-23(28-14-12-27(13-15-28)22(29)20-10-6-16-30-20)26-17-18-7-5-11-25-21(18)31-19-8-3-4-9-19/h5-7,10-11,16,19H,2-4,8-9,12-15,17H2,1H3,(H,24,26). The molecule has 8 nitrogen and oxygen atoms in total. The number of aromatic nitrogens is 1. The second-order valence-corrected chi connectivity index (χ2v) is 7.92. The highest BCUT2D eigenvalue weighted by molar-refractivity contribution is 5.91. The minimum atomic E-state index is -0.0596. The van der Waals surface area contributed by atoms with E-state index in [1.807, 2.05) is 17.0 Å². The number of amides is 1. The van der Waals surface area contributed by atoms with E-state index in [0.29, 0.717) is 31.3 Å². The summed E-state index contributed by atoms with van der Waals surface area (Å²) in [5, 5.41) is 3.38. The number of hydrogen-bond donors (Lipinski definition) is 1. The molecule has 1 amide bonds. The molecule has 3 heterocycles. The molecule has 2 aromatic heterocycles. The molecule has 1 saturated carbocycles. The molecule has 8 heteroatoms. The number of ether oxygens (including phenoxy) is 1. The quantitative estimate of drug-likeness (QED) is 0.566. The van der Waals surface area contributed by atoms with Crippen LogP contribution < -0.4 is 10.1 Å². The smallest absolute Gasteiger partial charge is 0.289 e. The number of carbonyl (C=O) groups excluding carboxylic acids is 1. The van der Waals surface area contributed by atoms with Gasteiger partial charge < -0.3 is 24.3 Å². The van der Waals surface area contributed by atoms with Crippen molar-refractivity contribution in [3.8, 4) is 5.88 Å². The van der Waals surface area contributed by atoms with E-state index in [9.17, 15) is 4.79 Å². The van der Waals surface area contributed by atoms with Gasteiger partial charge in [-0.25, -0.2) is 9.98 Å². The maximum absolute atomic E-state index is 12.5. The van der Waals surface area contributed by atoms with Crippen LogP contribution in [0, 0.1) is 0 Å². The Morgan fingerprint density at radius 2 is 1.97 bits per heavy atom. The Hall–Kier alpha value is -3.03. The minimum absolute atomic E-state index is 0.0596. The number of guanidine groups is 1. The van der Waals surface area contributed by atoms with Crippen molar-refractivity contribution in [1.82, 2.24) is 20.1 Å². The number of nitrogens with zero attached hydrogens (tertiary/aromatic N) is 4. The molecule has 0 bridgehead atoms. The van der Waals surface area contributed by atoms with Crippen molar-refractivity contribution in [1.29, 1.82) is 0 Å². The van der Waals surface area contributed by atoms with E-state index in [0.717, 1.165) is 44.0 Å². The fourth-order valence-electron chi connectivity index (χ4n) is 4.08. The van der Waals surface area contributed by atoms with Gasteiger partial charge in [0.05, 0.1) is 12.8 Å². The van der Waals surface area contributed by atoms with Crippen LogP contribution in [0.2, 0.25) is 0 Å². The first kappa shape index (κ1) is 21.2. The summed E-state index contributed by atoms with van der Waals surface area (Å²) in [6.45, 7) is 6.05. The summed E-state index contributed by atoms with van der Waals surface area (Å²) in [5.41, 5.74) is 0.997. The van der Waals surface area contributed by atoms with Gasteiger partial charge >= 0.3 is 0 Å². The topological polar surface area (TPSA) is 83.2 Å². The van der Waals surface area contributed by atoms with Crippen LogP contribution >= 0.6 is 0 Å². The number of furan rings is 1. The maximum Gasteiger partial charge on any atom is 0.289 e. The van der Waals surface area contributed by atoms with Crippen molar-refractivity contribution >= 4 is 11.9 Å². The van der Waals surface area contributed by atoms with Crippen LogP contribution in [-0.2, 0) is 6.54 Å². The van der Waals surface area contributed by atoms with Crippen molar-refractivity contribution in [3.63, 3.8) is 0 Å². The predicted octanol–water partition coefficient (Wildman–Crippen LogP) is 2.92. The molecular weight excluding hydrogens is 394 g/mol. The summed E-state index contributed by atoms with van der Waals surface area (Å²) in [6.07, 6.45) is 8.23. The molecule has 2 fully saturated rings. The van der Waals surface area contributed by atoms with Crippen LogP contribution in [0.5, 0.6) is 5.88 Å². The Morgan fingerprint density at radius 1 is 1.19 bits per heavy atom. The van der Waals surface area contributed by atoms with Crippen LogP contribution in [0.4, 0.5) is 0 Å². The first-order valence-electron chi connectivity index (χ1n) is 11.2. The predicted molar refractivity (Wildman–Crippen MR) is 118 cm³/mol. The molecule has 0 aromatic carbocycles. The second kappa shape index (κ2) is 10.3. The molecule has 4 rings (SSSR count). The second-order valence-electron chi connectivity index (χ2n) is 7.92. The van der Waals surface area contributed by atoms with Crippen LogP contribution in [0.3, 0.4) is 0 Å². The van der Waals surface area contributed by atoms with Crippen LogP contribution in [0.15, 0.2) is 46.1 Å². The van der Waals surface area contributed by atoms with E-state index in [-0.39, 0.29) is 12.0 Å². The number of aliphatic imine (C=N–C) groups is 1. The van der Waals surface area contributed by atoms with E-state index < -0.39 is 0 Å². The zero-order valence-electron chi connectivity index (χ0n) is 18.1. The zero-order valence-corrected chi connectivity index (χ0v) is 18.1. The minimum Gasteiger partial charge on any atom is -0.474 e. The average Bonchev–Trinajstić information content (AvgIpc) is 3.52. The monoisotopic (exact) mass is 425 g/mol. The van der Waals surface area contributed by atoms with Gasteiger partial charge in [-0.05, 0) is 50.8 Å². The highest BCUT2D eigenvalue weighted by atomic mass is 16.5. The Bertz CT molecular complexity index is 869. The van der Waals surface area contributed by atoms with Gasteiger partial charge in [0, 0.05) is 44.5 Å². The van der Waals surface area contributed by atoms with Crippen molar-refractivity contribution < 1.29 is 13.9 Å². The number of piperazine rings is 1. The van der Waals surface area contributed by atoms with Gasteiger partial charge in [-0.15, -0.1) is 0 Å². The van der Waals surface area contributed by atoms with Gasteiger partial charge in [-0.3, -0.25) is 4.79 Å². The first-order chi connectivity index (χ1) is 15.2. The Balaban J connectivity index is 1.38. The molecule has 0 atom stereocenters. The summed E-state index contributed by atoms with van der Waals surface area (Å²) < 4.78 is 11.4. The van der Waals surface area contributed by atoms with E-state index in [2.05, 4.69) is 22.1 Å². The maximum atomic E-state index is 12.5. The van der Waals surface area contributed by atoms with Gasteiger partial charge in [0.1, 0.15) is 6.10 Å². The van der Waals surface area contributed by atoms with Crippen molar-refractivity contribution in [2.24, 2.45) is 4.99 Å². The summed E-state index contributed by atoms with van der Waals surface area (Å²) in [5.74, 6) is 1.88. The third-order valence-corrected chi connectivity index (χ3v) is 5.76. The first-order valence-corrected chi connectivity index (χ1v) is 11.2. The molecule has 1 N–H and O–H groups in total. The van der Waals surface area contributed by atoms with Gasteiger partial charge in [0.25, 0.3) is 5.91 Å². The molecule has 1 aliphatic heterocycles. The molecule has 1 aliphatic carbocycles. The summed E-state index contributed by atoms with van der Waals surface area (Å²) in [6, 6.07) is 7.41. The molecule has 1 saturated heterocycles. The van der Waals surface area contributed by atoms with Crippen LogP contribution in [0.1, 0.15) is 48.7 Å². The van der Waals surface area contributed by atoms with Crippen molar-refractivity contribution in [3.05, 3.63) is 48.0 Å². The van der Waals surface area contributed by atoms with Gasteiger partial charge in [-0.1, -0.05) is 6.07 Å². The van der Waals surface area contributed by atoms with Crippen LogP contribution in [-0.4, -0.2) is 65.5 Å². The fraction of sp³-hybridized carbons (Fsp3) is 0.522. The summed E-state index contributed by atoms with van der Waals surface area (Å²) in [4.78, 5) is 25.8. The molecule has 0 unspecified atom stereocenters. The van der Waals surface area contributed by atoms with Gasteiger partial charge in [0.2, 0.25) is 5.88 Å². The number of rotatable bonds is 6.